The summed E-state index contributed by atoms with van der Waals surface area (Å²) in [4.78, 5) is 30.4. The Bertz CT molecular complexity index is 1040. The zero-order chi connectivity index (χ0) is 20.4. The van der Waals surface area contributed by atoms with E-state index in [1.807, 2.05) is 0 Å². The van der Waals surface area contributed by atoms with E-state index in [4.69, 9.17) is 23.2 Å². The number of benzene rings is 1. The van der Waals surface area contributed by atoms with Gasteiger partial charge in [-0.2, -0.15) is 5.10 Å². The lowest BCUT2D eigenvalue weighted by atomic mass is 10.2. The van der Waals surface area contributed by atoms with Gasteiger partial charge in [0.2, 0.25) is 11.8 Å². The highest BCUT2D eigenvalue weighted by Crippen LogP contribution is 2.27. The highest BCUT2D eigenvalue weighted by molar-refractivity contribution is 7.14. The van der Waals surface area contributed by atoms with Crippen LogP contribution in [0.2, 0.25) is 10.0 Å². The van der Waals surface area contributed by atoms with E-state index < -0.39 is 0 Å². The van der Waals surface area contributed by atoms with Crippen molar-refractivity contribution in [2.24, 2.45) is 0 Å². The smallest absolute Gasteiger partial charge is 0.231 e. The molecule has 0 aliphatic carbocycles. The molecule has 2 aromatic heterocycles. The summed E-state index contributed by atoms with van der Waals surface area (Å²) in [5, 5.41) is 10.6. The fourth-order valence-corrected chi connectivity index (χ4v) is 4.49. The number of hydrogen-bond acceptors (Lipinski definition) is 5. The summed E-state index contributed by atoms with van der Waals surface area (Å²) in [5.74, 6) is 0.398. The minimum absolute atomic E-state index is 0.0810. The Hall–Kier alpha value is -2.42. The van der Waals surface area contributed by atoms with Crippen molar-refractivity contribution in [3.05, 3.63) is 57.1 Å². The molecule has 0 bridgehead atoms. The maximum atomic E-state index is 12.5. The van der Waals surface area contributed by atoms with Crippen molar-refractivity contribution in [2.75, 3.05) is 16.8 Å². The van der Waals surface area contributed by atoms with Crippen molar-refractivity contribution in [3.8, 4) is 0 Å². The second kappa shape index (κ2) is 8.52. The third-order valence-corrected chi connectivity index (χ3v) is 6.16. The maximum Gasteiger partial charge on any atom is 0.231 e. The fraction of sp³-hybridized carbons (Fsp3) is 0.263. The van der Waals surface area contributed by atoms with Crippen molar-refractivity contribution in [1.82, 2.24) is 14.8 Å². The van der Waals surface area contributed by atoms with Gasteiger partial charge in [-0.1, -0.05) is 29.3 Å². The van der Waals surface area contributed by atoms with Gasteiger partial charge in [0.1, 0.15) is 5.82 Å². The van der Waals surface area contributed by atoms with Gasteiger partial charge < -0.3 is 5.32 Å². The van der Waals surface area contributed by atoms with E-state index in [1.54, 1.807) is 45.4 Å². The molecule has 2 amide bonds. The molecule has 7 nitrogen and oxygen atoms in total. The number of amides is 2. The first-order chi connectivity index (χ1) is 14.0. The highest BCUT2D eigenvalue weighted by Gasteiger charge is 2.24. The van der Waals surface area contributed by atoms with Crippen molar-refractivity contribution < 1.29 is 9.59 Å². The average Bonchev–Trinajstić information content (AvgIpc) is 3.40. The molecule has 0 radical (unpaired) electrons. The van der Waals surface area contributed by atoms with Gasteiger partial charge in [-0.25, -0.2) is 9.67 Å². The Kier molecular flexibility index (Phi) is 5.84. The zero-order valence-electron chi connectivity index (χ0n) is 15.3. The summed E-state index contributed by atoms with van der Waals surface area (Å²) in [6.07, 6.45) is 3.10. The van der Waals surface area contributed by atoms with E-state index in [0.29, 0.717) is 46.2 Å². The van der Waals surface area contributed by atoms with E-state index in [1.165, 1.54) is 11.3 Å². The highest BCUT2D eigenvalue weighted by atomic mass is 35.5. The van der Waals surface area contributed by atoms with E-state index in [2.05, 4.69) is 15.4 Å². The summed E-state index contributed by atoms with van der Waals surface area (Å²) in [7, 11) is 0. The van der Waals surface area contributed by atoms with Crippen LogP contribution in [-0.4, -0.2) is 33.1 Å². The van der Waals surface area contributed by atoms with Gasteiger partial charge in [0, 0.05) is 40.0 Å². The number of halogens is 2. The first-order valence-corrected chi connectivity index (χ1v) is 10.6. The lowest BCUT2D eigenvalue weighted by Gasteiger charge is -2.11. The van der Waals surface area contributed by atoms with Crippen molar-refractivity contribution in [2.45, 2.75) is 25.8 Å². The molecule has 0 atom stereocenters. The molecule has 3 heterocycles. The van der Waals surface area contributed by atoms with E-state index in [9.17, 15) is 9.59 Å². The summed E-state index contributed by atoms with van der Waals surface area (Å²) in [6, 6.07) is 7.00. The third kappa shape index (κ3) is 4.44. The molecule has 1 fully saturated rings. The van der Waals surface area contributed by atoms with Crippen LogP contribution in [0, 0.1) is 0 Å². The Morgan fingerprint density at radius 2 is 2.03 bits per heavy atom. The SMILES string of the molecule is O=C(Cc1csc(N2CCCC2=O)n1)Nc1ccnn1Cc1c(Cl)cccc1Cl. The lowest BCUT2D eigenvalue weighted by molar-refractivity contribution is -0.117. The molecule has 10 heteroatoms. The largest absolute Gasteiger partial charge is 0.311 e. The Labute approximate surface area is 181 Å². The number of rotatable bonds is 6. The number of thiazole rings is 1. The summed E-state index contributed by atoms with van der Waals surface area (Å²) < 4.78 is 1.63. The monoisotopic (exact) mass is 449 g/mol. The Morgan fingerprint density at radius 1 is 1.24 bits per heavy atom. The molecule has 3 aromatic rings. The minimum Gasteiger partial charge on any atom is -0.311 e. The number of aromatic nitrogens is 3. The lowest BCUT2D eigenvalue weighted by Crippen LogP contribution is -2.23. The molecule has 1 saturated heterocycles. The second-order valence-electron chi connectivity index (χ2n) is 6.57. The number of anilines is 2. The summed E-state index contributed by atoms with van der Waals surface area (Å²) in [6.45, 7) is 1.01. The predicted molar refractivity (Wildman–Crippen MR) is 114 cm³/mol. The fourth-order valence-electron chi connectivity index (χ4n) is 3.10. The zero-order valence-corrected chi connectivity index (χ0v) is 17.6. The van der Waals surface area contributed by atoms with Crippen LogP contribution in [0.1, 0.15) is 24.1 Å². The topological polar surface area (TPSA) is 80.1 Å². The molecular formula is C19H17Cl2N5O2S. The Balaban J connectivity index is 1.42. The molecule has 29 heavy (non-hydrogen) atoms. The molecule has 1 N–H and O–H groups in total. The van der Waals surface area contributed by atoms with Crippen LogP contribution < -0.4 is 10.2 Å². The van der Waals surface area contributed by atoms with Crippen LogP contribution in [0.15, 0.2) is 35.8 Å². The second-order valence-corrected chi connectivity index (χ2v) is 8.22. The van der Waals surface area contributed by atoms with Gasteiger partial charge in [-0.05, 0) is 18.6 Å². The normalized spacial score (nSPS) is 13.9. The molecule has 1 aromatic carbocycles. The molecule has 0 saturated carbocycles. The number of carbonyl (C=O) groups excluding carboxylic acids is 2. The van der Waals surface area contributed by atoms with E-state index in [0.717, 1.165) is 12.0 Å². The van der Waals surface area contributed by atoms with Crippen LogP contribution in [0.25, 0.3) is 0 Å². The number of nitrogens with one attached hydrogen (secondary N) is 1. The van der Waals surface area contributed by atoms with E-state index >= 15 is 0 Å². The van der Waals surface area contributed by atoms with Crippen LogP contribution >= 0.6 is 34.5 Å². The number of hydrogen-bond donors (Lipinski definition) is 1. The Morgan fingerprint density at radius 3 is 2.76 bits per heavy atom. The van der Waals surface area contributed by atoms with Crippen LogP contribution in [0.3, 0.4) is 0 Å². The van der Waals surface area contributed by atoms with Crippen molar-refractivity contribution >= 4 is 57.3 Å². The van der Waals surface area contributed by atoms with E-state index in [-0.39, 0.29) is 18.2 Å². The molecular weight excluding hydrogens is 433 g/mol. The van der Waals surface area contributed by atoms with Gasteiger partial charge in [0.15, 0.2) is 5.13 Å². The maximum absolute atomic E-state index is 12.5. The molecule has 1 aliphatic rings. The van der Waals surface area contributed by atoms with Gasteiger partial charge in [0.05, 0.1) is 24.9 Å². The molecule has 0 spiro atoms. The first-order valence-electron chi connectivity index (χ1n) is 9.00. The quantitative estimate of drug-likeness (QED) is 0.616. The molecule has 150 valence electrons. The standard InChI is InChI=1S/C19H17Cl2N5O2S/c20-14-3-1-4-15(21)13(14)10-26-16(6-7-22-26)24-17(27)9-12-11-29-19(23-12)25-8-2-5-18(25)28/h1,3-4,6-7,11H,2,5,8-10H2,(H,24,27). The number of carbonyl (C=O) groups is 2. The minimum atomic E-state index is -0.221. The molecule has 0 unspecified atom stereocenters. The summed E-state index contributed by atoms with van der Waals surface area (Å²) in [5.41, 5.74) is 1.36. The van der Waals surface area contributed by atoms with Gasteiger partial charge in [-0.3, -0.25) is 14.5 Å². The van der Waals surface area contributed by atoms with Gasteiger partial charge >= 0.3 is 0 Å². The average molecular weight is 450 g/mol. The van der Waals surface area contributed by atoms with Crippen LogP contribution in [-0.2, 0) is 22.6 Å². The summed E-state index contributed by atoms with van der Waals surface area (Å²) >= 11 is 13.8. The van der Waals surface area contributed by atoms with Crippen molar-refractivity contribution in [1.29, 1.82) is 0 Å². The number of nitrogens with zero attached hydrogens (tertiary/aromatic N) is 4. The molecule has 1 aliphatic heterocycles. The van der Waals surface area contributed by atoms with Gasteiger partial charge in [0.25, 0.3) is 0 Å². The van der Waals surface area contributed by atoms with Crippen LogP contribution in [0.5, 0.6) is 0 Å². The third-order valence-electron chi connectivity index (χ3n) is 4.54. The van der Waals surface area contributed by atoms with Crippen molar-refractivity contribution in [3.63, 3.8) is 0 Å². The molecule has 4 rings (SSSR count). The van der Waals surface area contributed by atoms with Gasteiger partial charge in [-0.15, -0.1) is 11.3 Å². The first kappa shape index (κ1) is 19.9. The predicted octanol–water partition coefficient (Wildman–Crippen LogP) is 4.00. The van der Waals surface area contributed by atoms with Crippen LogP contribution in [0.4, 0.5) is 10.9 Å².